The van der Waals surface area contributed by atoms with Gasteiger partial charge >= 0.3 is 0 Å². The van der Waals surface area contributed by atoms with E-state index < -0.39 is 0 Å². The van der Waals surface area contributed by atoms with Crippen LogP contribution in [0.15, 0.2) is 66.7 Å². The molecule has 0 radical (unpaired) electrons. The molecule has 4 rings (SSSR count). The van der Waals surface area contributed by atoms with E-state index in [9.17, 15) is 4.79 Å². The first kappa shape index (κ1) is 15.2. The fraction of sp³-hybridized carbons (Fsp3) is 0.0455. The monoisotopic (exact) mass is 326 g/mol. The standard InChI is InChI=1S/C22H18N2O/c1-13(25)15-6-9-18-16(12-15)8-11-20(24)22(18)21-17-5-3-2-4-14(17)7-10-19(21)23/h2-12H,23-24H2,1H3. The summed E-state index contributed by atoms with van der Waals surface area (Å²) in [5.74, 6) is 0.0462. The number of rotatable bonds is 2. The van der Waals surface area contributed by atoms with Gasteiger partial charge in [-0.15, -0.1) is 0 Å². The summed E-state index contributed by atoms with van der Waals surface area (Å²) in [7, 11) is 0. The highest BCUT2D eigenvalue weighted by molar-refractivity contribution is 6.13. The minimum Gasteiger partial charge on any atom is -0.398 e. The highest BCUT2D eigenvalue weighted by Crippen LogP contribution is 2.41. The Morgan fingerprint density at radius 2 is 1.32 bits per heavy atom. The molecule has 0 atom stereocenters. The van der Waals surface area contributed by atoms with Crippen LogP contribution in [0.25, 0.3) is 32.7 Å². The molecule has 4 aromatic carbocycles. The van der Waals surface area contributed by atoms with Gasteiger partial charge in [0.15, 0.2) is 5.78 Å². The Kier molecular flexibility index (Phi) is 3.43. The lowest BCUT2D eigenvalue weighted by Gasteiger charge is -2.16. The molecule has 122 valence electrons. The Labute approximate surface area is 145 Å². The number of fused-ring (bicyclic) bond motifs is 2. The number of anilines is 2. The van der Waals surface area contributed by atoms with Crippen molar-refractivity contribution in [2.24, 2.45) is 0 Å². The lowest BCUT2D eigenvalue weighted by atomic mass is 9.90. The lowest BCUT2D eigenvalue weighted by Crippen LogP contribution is -1.98. The average molecular weight is 326 g/mol. The summed E-state index contributed by atoms with van der Waals surface area (Å²) in [6, 6.07) is 21.6. The van der Waals surface area contributed by atoms with Gasteiger partial charge in [-0.05, 0) is 46.7 Å². The predicted octanol–water partition coefficient (Wildman–Crippen LogP) is 5.03. The molecule has 25 heavy (non-hydrogen) atoms. The molecular weight excluding hydrogens is 308 g/mol. The number of nitrogens with two attached hydrogens (primary N) is 2. The van der Waals surface area contributed by atoms with Gasteiger partial charge < -0.3 is 11.5 Å². The van der Waals surface area contributed by atoms with E-state index in [0.29, 0.717) is 16.9 Å². The van der Waals surface area contributed by atoms with Crippen LogP contribution >= 0.6 is 0 Å². The summed E-state index contributed by atoms with van der Waals surface area (Å²) in [4.78, 5) is 11.7. The van der Waals surface area contributed by atoms with Crippen LogP contribution in [0.1, 0.15) is 17.3 Å². The summed E-state index contributed by atoms with van der Waals surface area (Å²) >= 11 is 0. The summed E-state index contributed by atoms with van der Waals surface area (Å²) < 4.78 is 0. The maximum absolute atomic E-state index is 11.7. The van der Waals surface area contributed by atoms with Gasteiger partial charge in [-0.1, -0.05) is 48.5 Å². The smallest absolute Gasteiger partial charge is 0.159 e. The second kappa shape index (κ2) is 5.64. The first-order chi connectivity index (χ1) is 12.1. The van der Waals surface area contributed by atoms with Crippen LogP contribution < -0.4 is 11.5 Å². The van der Waals surface area contributed by atoms with Crippen molar-refractivity contribution >= 4 is 38.7 Å². The molecule has 4 aromatic rings. The molecule has 0 amide bonds. The van der Waals surface area contributed by atoms with Crippen molar-refractivity contribution in [3.63, 3.8) is 0 Å². The molecule has 0 aliphatic carbocycles. The second-order valence-corrected chi connectivity index (χ2v) is 6.27. The zero-order valence-electron chi connectivity index (χ0n) is 13.9. The number of benzene rings is 4. The molecule has 0 aliphatic rings. The number of carbonyl (C=O) groups is 1. The van der Waals surface area contributed by atoms with Crippen LogP contribution in [0.5, 0.6) is 0 Å². The molecule has 0 unspecified atom stereocenters. The Morgan fingerprint density at radius 1 is 0.720 bits per heavy atom. The van der Waals surface area contributed by atoms with Gasteiger partial charge in [-0.2, -0.15) is 0 Å². The van der Waals surface area contributed by atoms with Crippen LogP contribution in [0.2, 0.25) is 0 Å². The van der Waals surface area contributed by atoms with E-state index >= 15 is 0 Å². The fourth-order valence-electron chi connectivity index (χ4n) is 3.41. The first-order valence-electron chi connectivity index (χ1n) is 8.17. The largest absolute Gasteiger partial charge is 0.398 e. The zero-order valence-corrected chi connectivity index (χ0v) is 13.9. The Morgan fingerprint density at radius 3 is 2.00 bits per heavy atom. The maximum atomic E-state index is 11.7. The molecule has 0 aromatic heterocycles. The van der Waals surface area contributed by atoms with Crippen LogP contribution in [-0.4, -0.2) is 5.78 Å². The fourth-order valence-corrected chi connectivity index (χ4v) is 3.41. The molecule has 0 aliphatic heterocycles. The van der Waals surface area contributed by atoms with E-state index in [0.717, 1.165) is 32.7 Å². The molecule has 4 N–H and O–H groups in total. The number of hydrogen-bond donors (Lipinski definition) is 2. The molecular formula is C22H18N2O. The molecule has 0 saturated heterocycles. The van der Waals surface area contributed by atoms with Gasteiger partial charge in [0.2, 0.25) is 0 Å². The van der Waals surface area contributed by atoms with Gasteiger partial charge in [0.1, 0.15) is 0 Å². The zero-order chi connectivity index (χ0) is 17.6. The summed E-state index contributed by atoms with van der Waals surface area (Å²) in [5.41, 5.74) is 16.6. The van der Waals surface area contributed by atoms with Crippen molar-refractivity contribution in [2.75, 3.05) is 11.5 Å². The molecule has 0 fully saturated rings. The first-order valence-corrected chi connectivity index (χ1v) is 8.17. The number of ketones is 1. The quantitative estimate of drug-likeness (QED) is 0.401. The average Bonchev–Trinajstić information content (AvgIpc) is 2.62. The summed E-state index contributed by atoms with van der Waals surface area (Å²) in [6.45, 7) is 1.57. The third-order valence-electron chi connectivity index (χ3n) is 4.67. The number of nitrogen functional groups attached to an aromatic ring is 2. The predicted molar refractivity (Wildman–Crippen MR) is 106 cm³/mol. The molecule has 0 spiro atoms. The SMILES string of the molecule is CC(=O)c1ccc2c(-c3c(N)ccc4ccccc34)c(N)ccc2c1. The van der Waals surface area contributed by atoms with E-state index in [1.807, 2.05) is 54.6 Å². The topological polar surface area (TPSA) is 69.1 Å². The third kappa shape index (κ3) is 2.41. The minimum absolute atomic E-state index is 0.0462. The maximum Gasteiger partial charge on any atom is 0.159 e. The molecule has 0 saturated carbocycles. The van der Waals surface area contributed by atoms with Gasteiger partial charge in [0, 0.05) is 28.1 Å². The Balaban J connectivity index is 2.13. The van der Waals surface area contributed by atoms with E-state index in [4.69, 9.17) is 11.5 Å². The second-order valence-electron chi connectivity index (χ2n) is 6.27. The van der Waals surface area contributed by atoms with Crippen molar-refractivity contribution in [3.05, 3.63) is 72.3 Å². The number of carbonyl (C=O) groups excluding carboxylic acids is 1. The van der Waals surface area contributed by atoms with Crippen LogP contribution in [0.3, 0.4) is 0 Å². The van der Waals surface area contributed by atoms with Gasteiger partial charge in [-0.3, -0.25) is 4.79 Å². The Hall–Kier alpha value is -3.33. The van der Waals surface area contributed by atoms with Crippen molar-refractivity contribution in [1.82, 2.24) is 0 Å². The van der Waals surface area contributed by atoms with Gasteiger partial charge in [-0.25, -0.2) is 0 Å². The normalized spacial score (nSPS) is 11.1. The van der Waals surface area contributed by atoms with Gasteiger partial charge in [0.05, 0.1) is 0 Å². The van der Waals surface area contributed by atoms with E-state index in [-0.39, 0.29) is 5.78 Å². The Bertz CT molecular complexity index is 1150. The number of hydrogen-bond acceptors (Lipinski definition) is 3. The third-order valence-corrected chi connectivity index (χ3v) is 4.67. The van der Waals surface area contributed by atoms with Crippen molar-refractivity contribution in [2.45, 2.75) is 6.92 Å². The highest BCUT2D eigenvalue weighted by atomic mass is 16.1. The highest BCUT2D eigenvalue weighted by Gasteiger charge is 2.15. The van der Waals surface area contributed by atoms with Crippen LogP contribution in [0.4, 0.5) is 11.4 Å². The van der Waals surface area contributed by atoms with Crippen molar-refractivity contribution in [3.8, 4) is 11.1 Å². The van der Waals surface area contributed by atoms with Crippen LogP contribution in [0, 0.1) is 0 Å². The molecule has 3 heteroatoms. The van der Waals surface area contributed by atoms with E-state index in [1.54, 1.807) is 6.92 Å². The summed E-state index contributed by atoms with van der Waals surface area (Å²) in [5, 5.41) is 4.15. The summed E-state index contributed by atoms with van der Waals surface area (Å²) in [6.07, 6.45) is 0. The van der Waals surface area contributed by atoms with E-state index in [2.05, 4.69) is 12.1 Å². The van der Waals surface area contributed by atoms with Crippen molar-refractivity contribution in [1.29, 1.82) is 0 Å². The minimum atomic E-state index is 0.0462. The molecule has 0 bridgehead atoms. The molecule has 0 heterocycles. The lowest BCUT2D eigenvalue weighted by molar-refractivity contribution is 0.101. The van der Waals surface area contributed by atoms with E-state index in [1.165, 1.54) is 0 Å². The van der Waals surface area contributed by atoms with Gasteiger partial charge in [0.25, 0.3) is 0 Å². The molecule has 3 nitrogen and oxygen atoms in total. The number of Topliss-reactive ketones (excluding diaryl/α,β-unsaturated/α-hetero) is 1. The van der Waals surface area contributed by atoms with Crippen LogP contribution in [-0.2, 0) is 0 Å². The van der Waals surface area contributed by atoms with Crippen molar-refractivity contribution < 1.29 is 4.79 Å².